The molecule has 0 rings (SSSR count). The minimum Gasteiger partial charge on any atom is -0.466 e. The average molecular weight is 463 g/mol. The summed E-state index contributed by atoms with van der Waals surface area (Å²) in [5.41, 5.74) is -0.552. The lowest BCUT2D eigenvalue weighted by Gasteiger charge is -2.24. The van der Waals surface area contributed by atoms with Crippen LogP contribution in [0, 0.1) is 38.0 Å². The molecule has 10 nitrogen and oxygen atoms in total. The molecular formula is C22H42N2O8. The first-order valence-electron chi connectivity index (χ1n) is 10.8. The van der Waals surface area contributed by atoms with Gasteiger partial charge in [-0.25, -0.2) is 4.79 Å². The van der Waals surface area contributed by atoms with Crippen molar-refractivity contribution in [2.45, 2.75) is 87.2 Å². The number of nitro groups is 2. The third-order valence-corrected chi connectivity index (χ3v) is 4.26. The largest absolute Gasteiger partial charge is 0.466 e. The van der Waals surface area contributed by atoms with E-state index >= 15 is 0 Å². The van der Waals surface area contributed by atoms with Crippen LogP contribution >= 0.6 is 0 Å². The Bertz CT molecular complexity index is 613. The molecule has 0 amide bonds. The summed E-state index contributed by atoms with van der Waals surface area (Å²) in [6.45, 7) is 21.6. The SMILES string of the molecule is C=C(C(=O)OCC)C(C)C.CC(C)[N+](=O)[O-].CCOC(=O)C(CC(C)(C)[N+](=O)[O-])C(C)C. The van der Waals surface area contributed by atoms with Crippen LogP contribution in [0.5, 0.6) is 0 Å². The van der Waals surface area contributed by atoms with E-state index in [9.17, 15) is 29.8 Å². The highest BCUT2D eigenvalue weighted by atomic mass is 16.6. The molecule has 0 heterocycles. The summed E-state index contributed by atoms with van der Waals surface area (Å²) in [7, 11) is 0. The normalized spacial score (nSPS) is 11.5. The van der Waals surface area contributed by atoms with Gasteiger partial charge in [-0.2, -0.15) is 0 Å². The fraction of sp³-hybridized carbons (Fsp3) is 0.818. The molecule has 0 bridgehead atoms. The fourth-order valence-electron chi connectivity index (χ4n) is 1.91. The Balaban J connectivity index is -0.000000446. The lowest BCUT2D eigenvalue weighted by molar-refractivity contribution is -0.562. The van der Waals surface area contributed by atoms with Crippen molar-refractivity contribution in [2.24, 2.45) is 17.8 Å². The van der Waals surface area contributed by atoms with Crippen molar-refractivity contribution >= 4 is 11.9 Å². The van der Waals surface area contributed by atoms with E-state index < -0.39 is 17.5 Å². The maximum absolute atomic E-state index is 11.6. The van der Waals surface area contributed by atoms with E-state index in [0.29, 0.717) is 18.8 Å². The van der Waals surface area contributed by atoms with Crippen LogP contribution in [0.15, 0.2) is 12.2 Å². The molecule has 0 radical (unpaired) electrons. The molecular weight excluding hydrogens is 420 g/mol. The van der Waals surface area contributed by atoms with E-state index in [1.807, 2.05) is 27.7 Å². The molecule has 1 atom stereocenters. The Hall–Kier alpha value is -2.52. The Morgan fingerprint density at radius 3 is 1.59 bits per heavy atom. The van der Waals surface area contributed by atoms with Crippen LogP contribution in [0.4, 0.5) is 0 Å². The zero-order chi connectivity index (χ0) is 26.2. The van der Waals surface area contributed by atoms with E-state index in [1.165, 1.54) is 13.8 Å². The average Bonchev–Trinajstić information content (AvgIpc) is 2.66. The van der Waals surface area contributed by atoms with Gasteiger partial charge in [-0.15, -0.1) is 0 Å². The predicted molar refractivity (Wildman–Crippen MR) is 123 cm³/mol. The van der Waals surface area contributed by atoms with Crippen molar-refractivity contribution in [2.75, 3.05) is 13.2 Å². The number of carbonyl (C=O) groups is 2. The Kier molecular flexibility index (Phi) is 18.2. The second-order valence-electron chi connectivity index (χ2n) is 8.66. The van der Waals surface area contributed by atoms with Crippen LogP contribution in [-0.2, 0) is 19.1 Å². The quantitative estimate of drug-likeness (QED) is 0.197. The number of ether oxygens (including phenoxy) is 2. The summed E-state index contributed by atoms with van der Waals surface area (Å²) in [5.74, 6) is -0.817. The monoisotopic (exact) mass is 462 g/mol. The standard InChI is InChI=1S/C11H21NO4.C8H14O2.C3H7NO2/c1-6-16-10(13)9(8(2)3)7-11(4,5)12(14)15;1-5-10-8(9)7(4)6(2)3;1-3(2)4(5)6/h8-9H,6-7H2,1-5H3;6H,4-5H2,1-3H3;3H,1-2H3. The van der Waals surface area contributed by atoms with Crippen molar-refractivity contribution in [1.82, 2.24) is 0 Å². The second-order valence-corrected chi connectivity index (χ2v) is 8.66. The summed E-state index contributed by atoms with van der Waals surface area (Å²) >= 11 is 0. The molecule has 32 heavy (non-hydrogen) atoms. The third-order valence-electron chi connectivity index (χ3n) is 4.26. The van der Waals surface area contributed by atoms with Gasteiger partial charge < -0.3 is 9.47 Å². The van der Waals surface area contributed by atoms with Crippen LogP contribution in [0.1, 0.15) is 75.7 Å². The van der Waals surface area contributed by atoms with Crippen LogP contribution in [0.2, 0.25) is 0 Å². The van der Waals surface area contributed by atoms with Crippen molar-refractivity contribution in [3.8, 4) is 0 Å². The van der Waals surface area contributed by atoms with Gasteiger partial charge in [0.2, 0.25) is 11.6 Å². The number of hydrogen-bond acceptors (Lipinski definition) is 8. The highest BCUT2D eigenvalue weighted by Gasteiger charge is 2.38. The summed E-state index contributed by atoms with van der Waals surface area (Å²) in [4.78, 5) is 42.1. The van der Waals surface area contributed by atoms with E-state index in [-0.39, 0.29) is 40.0 Å². The van der Waals surface area contributed by atoms with Crippen molar-refractivity contribution in [3.63, 3.8) is 0 Å². The molecule has 0 aromatic carbocycles. The highest BCUT2D eigenvalue weighted by Crippen LogP contribution is 2.26. The van der Waals surface area contributed by atoms with Gasteiger partial charge in [0, 0.05) is 49.5 Å². The van der Waals surface area contributed by atoms with E-state index in [4.69, 9.17) is 9.47 Å². The smallest absolute Gasteiger partial charge is 0.333 e. The molecule has 188 valence electrons. The molecule has 0 aromatic rings. The van der Waals surface area contributed by atoms with E-state index in [2.05, 4.69) is 6.58 Å². The fourth-order valence-corrected chi connectivity index (χ4v) is 1.91. The molecule has 1 unspecified atom stereocenters. The number of hydrogen-bond donors (Lipinski definition) is 0. The number of carbonyl (C=O) groups excluding carboxylic acids is 2. The molecule has 0 saturated heterocycles. The predicted octanol–water partition coefficient (Wildman–Crippen LogP) is 4.70. The minimum atomic E-state index is -1.10. The maximum Gasteiger partial charge on any atom is 0.333 e. The van der Waals surface area contributed by atoms with Gasteiger partial charge in [0.1, 0.15) is 0 Å². The van der Waals surface area contributed by atoms with Gasteiger partial charge in [-0.05, 0) is 25.7 Å². The van der Waals surface area contributed by atoms with Gasteiger partial charge in [-0.1, -0.05) is 34.3 Å². The zero-order valence-corrected chi connectivity index (χ0v) is 21.3. The highest BCUT2D eigenvalue weighted by molar-refractivity contribution is 5.88. The zero-order valence-electron chi connectivity index (χ0n) is 21.3. The summed E-state index contributed by atoms with van der Waals surface area (Å²) in [6.07, 6.45) is 0.205. The van der Waals surface area contributed by atoms with E-state index in [1.54, 1.807) is 27.7 Å². The molecule has 0 saturated carbocycles. The van der Waals surface area contributed by atoms with Crippen LogP contribution in [0.25, 0.3) is 0 Å². The van der Waals surface area contributed by atoms with E-state index in [0.717, 1.165) is 0 Å². The number of nitrogens with zero attached hydrogens (tertiary/aromatic N) is 2. The molecule has 0 spiro atoms. The Morgan fingerprint density at radius 1 is 0.938 bits per heavy atom. The second kappa shape index (κ2) is 17.1. The third kappa shape index (κ3) is 16.2. The van der Waals surface area contributed by atoms with Gasteiger partial charge in [0.25, 0.3) is 0 Å². The summed E-state index contributed by atoms with van der Waals surface area (Å²) in [5, 5.41) is 20.3. The molecule has 0 fully saturated rings. The molecule has 10 heteroatoms. The number of esters is 2. The van der Waals surface area contributed by atoms with Gasteiger partial charge in [0.15, 0.2) is 0 Å². The minimum absolute atomic E-state index is 0.0401. The molecule has 0 aliphatic rings. The number of rotatable bonds is 10. The van der Waals surface area contributed by atoms with Gasteiger partial charge in [-0.3, -0.25) is 25.0 Å². The first-order valence-corrected chi connectivity index (χ1v) is 10.8. The van der Waals surface area contributed by atoms with Crippen molar-refractivity contribution in [1.29, 1.82) is 0 Å². The Labute approximate surface area is 192 Å². The Morgan fingerprint density at radius 2 is 1.34 bits per heavy atom. The maximum atomic E-state index is 11.6. The van der Waals surface area contributed by atoms with Crippen molar-refractivity contribution in [3.05, 3.63) is 32.4 Å². The molecule has 0 aromatic heterocycles. The van der Waals surface area contributed by atoms with Crippen LogP contribution < -0.4 is 0 Å². The topological polar surface area (TPSA) is 139 Å². The van der Waals surface area contributed by atoms with Crippen LogP contribution in [0.3, 0.4) is 0 Å². The lowest BCUT2D eigenvalue weighted by atomic mass is 9.84. The first-order chi connectivity index (χ1) is 14.5. The van der Waals surface area contributed by atoms with Crippen LogP contribution in [-0.4, -0.2) is 46.6 Å². The van der Waals surface area contributed by atoms with Gasteiger partial charge in [0.05, 0.1) is 19.1 Å². The molecule has 0 N–H and O–H groups in total. The van der Waals surface area contributed by atoms with Gasteiger partial charge >= 0.3 is 11.9 Å². The van der Waals surface area contributed by atoms with Crippen molar-refractivity contribution < 1.29 is 28.9 Å². The summed E-state index contributed by atoms with van der Waals surface area (Å²) in [6, 6.07) is -0.426. The molecule has 0 aliphatic heterocycles. The lowest BCUT2D eigenvalue weighted by Crippen LogP contribution is -2.37. The summed E-state index contributed by atoms with van der Waals surface area (Å²) < 4.78 is 9.66. The first kappa shape index (κ1) is 34.1. The molecule has 0 aliphatic carbocycles.